The molecule has 0 spiro atoms. The van der Waals surface area contributed by atoms with Crippen molar-refractivity contribution in [2.75, 3.05) is 12.5 Å². The van der Waals surface area contributed by atoms with Gasteiger partial charge in [0.2, 0.25) is 6.79 Å². The molecule has 2 aliphatic rings. The zero-order valence-electron chi connectivity index (χ0n) is 11.6. The zero-order valence-corrected chi connectivity index (χ0v) is 12.4. The lowest BCUT2D eigenvalue weighted by Gasteiger charge is -2.06. The molecule has 22 heavy (non-hydrogen) atoms. The molecule has 5 rings (SSSR count). The lowest BCUT2D eigenvalue weighted by molar-refractivity contribution is 0.174. The van der Waals surface area contributed by atoms with Crippen molar-refractivity contribution in [1.29, 1.82) is 0 Å². The Morgan fingerprint density at radius 3 is 2.77 bits per heavy atom. The lowest BCUT2D eigenvalue weighted by Crippen LogP contribution is -1.92. The average molecular weight is 308 g/mol. The van der Waals surface area contributed by atoms with Crippen LogP contribution >= 0.6 is 11.3 Å². The number of fused-ring (bicyclic) bond motifs is 4. The van der Waals surface area contributed by atoms with E-state index in [4.69, 9.17) is 15.2 Å². The van der Waals surface area contributed by atoms with E-state index in [1.807, 2.05) is 12.1 Å². The molecule has 0 bridgehead atoms. The van der Waals surface area contributed by atoms with Crippen molar-refractivity contribution in [2.45, 2.75) is 6.42 Å². The number of nitrogens with zero attached hydrogens (tertiary/aromatic N) is 1. The molecular formula is C17H12N2O2S. The third kappa shape index (κ3) is 1.66. The van der Waals surface area contributed by atoms with E-state index in [2.05, 4.69) is 29.2 Å². The summed E-state index contributed by atoms with van der Waals surface area (Å²) in [6, 6.07) is 12.6. The van der Waals surface area contributed by atoms with Crippen LogP contribution in [0.25, 0.3) is 22.4 Å². The number of ether oxygens (including phenoxy) is 2. The normalized spacial score (nSPS) is 14.0. The average Bonchev–Trinajstić information content (AvgIpc) is 3.19. The minimum Gasteiger partial charge on any atom is -0.454 e. The molecule has 108 valence electrons. The summed E-state index contributed by atoms with van der Waals surface area (Å²) in [5.41, 5.74) is 11.7. The van der Waals surface area contributed by atoms with E-state index >= 15 is 0 Å². The summed E-state index contributed by atoms with van der Waals surface area (Å²) >= 11 is 1.58. The van der Waals surface area contributed by atoms with Crippen LogP contribution in [0.3, 0.4) is 0 Å². The monoisotopic (exact) mass is 308 g/mol. The standard InChI is InChI=1S/C17H12N2O2S/c18-17-19-16-12-3-1-9(5-11(12)7-15(16)22-17)10-2-4-13-14(6-10)21-8-20-13/h1-6H,7-8H2,(H2,18,19). The first-order valence-electron chi connectivity index (χ1n) is 7.06. The molecule has 5 heteroatoms. The highest BCUT2D eigenvalue weighted by molar-refractivity contribution is 7.15. The molecule has 0 amide bonds. The molecule has 3 aromatic rings. The highest BCUT2D eigenvalue weighted by Crippen LogP contribution is 2.42. The Morgan fingerprint density at radius 2 is 1.82 bits per heavy atom. The molecule has 1 aromatic heterocycles. The third-order valence-electron chi connectivity index (χ3n) is 4.13. The van der Waals surface area contributed by atoms with Crippen molar-refractivity contribution >= 4 is 16.5 Å². The first-order valence-corrected chi connectivity index (χ1v) is 7.88. The highest BCUT2D eigenvalue weighted by Gasteiger charge is 2.23. The van der Waals surface area contributed by atoms with Crippen LogP contribution in [0, 0.1) is 0 Å². The van der Waals surface area contributed by atoms with E-state index in [1.165, 1.54) is 21.6 Å². The number of nitrogen functional groups attached to an aromatic ring is 1. The van der Waals surface area contributed by atoms with Crippen LogP contribution in [0.15, 0.2) is 36.4 Å². The van der Waals surface area contributed by atoms with Gasteiger partial charge in [-0.25, -0.2) is 4.98 Å². The topological polar surface area (TPSA) is 57.4 Å². The molecule has 0 fully saturated rings. The smallest absolute Gasteiger partial charge is 0.231 e. The number of hydrogen-bond donors (Lipinski definition) is 1. The number of rotatable bonds is 1. The Morgan fingerprint density at radius 1 is 1.00 bits per heavy atom. The Bertz CT molecular complexity index is 917. The predicted octanol–water partition coefficient (Wildman–Crippen LogP) is 3.69. The molecule has 2 N–H and O–H groups in total. The van der Waals surface area contributed by atoms with E-state index in [-0.39, 0.29) is 0 Å². The summed E-state index contributed by atoms with van der Waals surface area (Å²) in [5, 5.41) is 0.649. The summed E-state index contributed by atoms with van der Waals surface area (Å²) in [6.07, 6.45) is 0.915. The van der Waals surface area contributed by atoms with Gasteiger partial charge in [-0.1, -0.05) is 24.3 Å². The molecule has 2 heterocycles. The van der Waals surface area contributed by atoms with Gasteiger partial charge >= 0.3 is 0 Å². The molecular weight excluding hydrogens is 296 g/mol. The fourth-order valence-corrected chi connectivity index (χ4v) is 3.97. The minimum absolute atomic E-state index is 0.302. The van der Waals surface area contributed by atoms with E-state index in [1.54, 1.807) is 11.3 Å². The second-order valence-corrected chi connectivity index (χ2v) is 6.56. The van der Waals surface area contributed by atoms with Gasteiger partial charge in [-0.3, -0.25) is 0 Å². The lowest BCUT2D eigenvalue weighted by atomic mass is 10.00. The van der Waals surface area contributed by atoms with Crippen LogP contribution in [-0.2, 0) is 6.42 Å². The molecule has 4 nitrogen and oxygen atoms in total. The van der Waals surface area contributed by atoms with Crippen LogP contribution in [-0.4, -0.2) is 11.8 Å². The maximum atomic E-state index is 5.80. The Labute approximate surface area is 131 Å². The number of thiazole rings is 1. The van der Waals surface area contributed by atoms with Crippen LogP contribution in [0.1, 0.15) is 10.4 Å². The van der Waals surface area contributed by atoms with Crippen molar-refractivity contribution < 1.29 is 9.47 Å². The number of nitrogens with two attached hydrogens (primary N) is 1. The SMILES string of the molecule is Nc1nc2c(s1)Cc1cc(-c3ccc4c(c3)OCO4)ccc1-2. The van der Waals surface area contributed by atoms with Gasteiger partial charge in [-0.15, -0.1) is 11.3 Å². The Kier molecular flexibility index (Phi) is 2.32. The van der Waals surface area contributed by atoms with Crippen LogP contribution in [0.5, 0.6) is 11.5 Å². The Balaban J connectivity index is 1.59. The summed E-state index contributed by atoms with van der Waals surface area (Å²) in [7, 11) is 0. The highest BCUT2D eigenvalue weighted by atomic mass is 32.1. The summed E-state index contributed by atoms with van der Waals surface area (Å²) in [4.78, 5) is 5.70. The second-order valence-electron chi connectivity index (χ2n) is 5.44. The Hall–Kier alpha value is -2.53. The van der Waals surface area contributed by atoms with E-state index < -0.39 is 0 Å². The third-order valence-corrected chi connectivity index (χ3v) is 5.02. The molecule has 0 saturated carbocycles. The molecule has 0 atom stereocenters. The van der Waals surface area contributed by atoms with Gasteiger partial charge in [0.25, 0.3) is 0 Å². The number of hydrogen-bond acceptors (Lipinski definition) is 5. The zero-order chi connectivity index (χ0) is 14.7. The molecule has 0 saturated heterocycles. The molecule has 0 radical (unpaired) electrons. The van der Waals surface area contributed by atoms with Gasteiger partial charge in [-0.05, 0) is 28.8 Å². The minimum atomic E-state index is 0.302. The van der Waals surface area contributed by atoms with Crippen molar-refractivity contribution in [3.8, 4) is 33.9 Å². The van der Waals surface area contributed by atoms with Crippen LogP contribution in [0.4, 0.5) is 5.13 Å². The van der Waals surface area contributed by atoms with Crippen molar-refractivity contribution in [1.82, 2.24) is 4.98 Å². The fourth-order valence-electron chi connectivity index (χ4n) is 3.10. The van der Waals surface area contributed by atoms with Gasteiger partial charge in [0.05, 0.1) is 5.69 Å². The molecule has 1 aliphatic heterocycles. The largest absolute Gasteiger partial charge is 0.454 e. The fraction of sp³-hybridized carbons (Fsp3) is 0.118. The van der Waals surface area contributed by atoms with Gasteiger partial charge in [0, 0.05) is 16.9 Å². The quantitative estimate of drug-likeness (QED) is 0.582. The van der Waals surface area contributed by atoms with Crippen LogP contribution < -0.4 is 15.2 Å². The number of benzene rings is 2. The van der Waals surface area contributed by atoms with E-state index in [0.717, 1.165) is 29.2 Å². The van der Waals surface area contributed by atoms with Crippen LogP contribution in [0.2, 0.25) is 0 Å². The first kappa shape index (κ1) is 12.1. The van der Waals surface area contributed by atoms with Gasteiger partial charge in [0.1, 0.15) is 0 Å². The van der Waals surface area contributed by atoms with Crippen molar-refractivity contribution in [3.63, 3.8) is 0 Å². The molecule has 1 aliphatic carbocycles. The number of anilines is 1. The summed E-state index contributed by atoms with van der Waals surface area (Å²) < 4.78 is 10.8. The maximum Gasteiger partial charge on any atom is 0.231 e. The summed E-state index contributed by atoms with van der Waals surface area (Å²) in [5.74, 6) is 1.62. The van der Waals surface area contributed by atoms with Gasteiger partial charge in [0.15, 0.2) is 16.6 Å². The predicted molar refractivity (Wildman–Crippen MR) is 86.3 cm³/mol. The van der Waals surface area contributed by atoms with Crippen molar-refractivity contribution in [3.05, 3.63) is 46.8 Å². The molecule has 2 aromatic carbocycles. The first-order chi connectivity index (χ1) is 10.8. The maximum absolute atomic E-state index is 5.80. The van der Waals surface area contributed by atoms with E-state index in [0.29, 0.717) is 11.9 Å². The summed E-state index contributed by atoms with van der Waals surface area (Å²) in [6.45, 7) is 0.302. The van der Waals surface area contributed by atoms with Gasteiger partial charge < -0.3 is 15.2 Å². The molecule has 0 unspecified atom stereocenters. The van der Waals surface area contributed by atoms with Crippen molar-refractivity contribution in [2.24, 2.45) is 0 Å². The second kappa shape index (κ2) is 4.24. The number of aromatic nitrogens is 1. The van der Waals surface area contributed by atoms with Gasteiger partial charge in [-0.2, -0.15) is 0 Å². The van der Waals surface area contributed by atoms with E-state index in [9.17, 15) is 0 Å².